The molecule has 1 aliphatic rings. The first-order chi connectivity index (χ1) is 18.0. The number of amides is 2. The Bertz CT molecular complexity index is 1040. The average Bonchev–Trinajstić information content (AvgIpc) is 2.93. The summed E-state index contributed by atoms with van der Waals surface area (Å²) >= 11 is 0. The maximum Gasteiger partial charge on any atom is 0.508 e. The Morgan fingerprint density at radius 2 is 1.79 bits per heavy atom. The van der Waals surface area contributed by atoms with Crippen molar-refractivity contribution in [2.75, 3.05) is 44.3 Å². The number of rotatable bonds is 11. The second-order valence-corrected chi connectivity index (χ2v) is 8.68. The predicted octanol–water partition coefficient (Wildman–Crippen LogP) is 1.07. The van der Waals surface area contributed by atoms with E-state index in [2.05, 4.69) is 10.1 Å². The largest absolute Gasteiger partial charge is 0.508 e. The first-order valence-electron chi connectivity index (χ1n) is 11.5. The van der Waals surface area contributed by atoms with Crippen LogP contribution in [0.25, 0.3) is 0 Å². The first-order valence-corrected chi connectivity index (χ1v) is 11.5. The van der Waals surface area contributed by atoms with Gasteiger partial charge in [0.1, 0.15) is 36.9 Å². The molecule has 17 heteroatoms. The second-order valence-electron chi connectivity index (χ2n) is 8.68. The molecule has 220 valence electrons. The fourth-order valence-electron chi connectivity index (χ4n) is 3.32. The normalized spacial score (nSPS) is 19.3. The van der Waals surface area contributed by atoms with Gasteiger partial charge in [-0.3, -0.25) is 14.9 Å². The van der Waals surface area contributed by atoms with E-state index in [1.54, 1.807) is 0 Å². The highest BCUT2D eigenvalue weighted by Gasteiger charge is 2.57. The van der Waals surface area contributed by atoms with Crippen LogP contribution in [0.5, 0.6) is 5.75 Å². The minimum atomic E-state index is -5.92. The van der Waals surface area contributed by atoms with Crippen LogP contribution in [0, 0.1) is 5.82 Å². The highest BCUT2D eigenvalue weighted by Crippen LogP contribution is 2.35. The smallest absolute Gasteiger partial charge is 0.486 e. The SMILES string of the molecule is C[C@H]1Oc2ccc(F)cc2N(CCOC(=O)OCCN)C(=O)[C@H]1NC[C@](C)(O)C(=O)NCC(F)(F)C(F)(F)F. The molecule has 3 atom stereocenters. The number of anilines is 1. The number of hydrogen-bond donors (Lipinski definition) is 4. The molecule has 0 saturated heterocycles. The third-order valence-electron chi connectivity index (χ3n) is 5.44. The minimum Gasteiger partial charge on any atom is -0.486 e. The Kier molecular flexibility index (Phi) is 10.4. The summed E-state index contributed by atoms with van der Waals surface area (Å²) in [5.41, 5.74) is 2.64. The standard InChI is InChI=1S/C22H28F6N4O7/c1-12-16(30-10-20(2,36)18(34)31-11-21(24,25)22(26,27)28)17(33)32(6-8-38-19(35)37-7-5-29)14-9-13(23)3-4-15(14)39-12/h3-4,9,12,16,30,36H,5-8,10-11,29H2,1-2H3,(H,31,34)/t12-,16+,20+/m1/s1. The van der Waals surface area contributed by atoms with Gasteiger partial charge in [0.15, 0.2) is 5.60 Å². The molecule has 0 bridgehead atoms. The summed E-state index contributed by atoms with van der Waals surface area (Å²) in [5.74, 6) is -8.27. The van der Waals surface area contributed by atoms with E-state index in [9.17, 15) is 45.8 Å². The lowest BCUT2D eigenvalue weighted by Gasteiger charge is -2.30. The van der Waals surface area contributed by atoms with Crippen LogP contribution in [0.3, 0.4) is 0 Å². The zero-order valence-electron chi connectivity index (χ0n) is 20.8. The quantitative estimate of drug-likeness (QED) is 0.225. The van der Waals surface area contributed by atoms with Crippen molar-refractivity contribution in [3.05, 3.63) is 24.0 Å². The van der Waals surface area contributed by atoms with E-state index in [-0.39, 0.29) is 31.1 Å². The van der Waals surface area contributed by atoms with Gasteiger partial charge < -0.3 is 35.3 Å². The number of aliphatic hydroxyl groups is 1. The average molecular weight is 574 g/mol. The molecule has 1 aromatic carbocycles. The summed E-state index contributed by atoms with van der Waals surface area (Å²) < 4.78 is 92.6. The van der Waals surface area contributed by atoms with Crippen molar-refractivity contribution in [3.8, 4) is 5.75 Å². The van der Waals surface area contributed by atoms with Crippen molar-refractivity contribution in [1.82, 2.24) is 10.6 Å². The molecule has 0 aromatic heterocycles. The van der Waals surface area contributed by atoms with Gasteiger partial charge in [-0.1, -0.05) is 0 Å². The molecule has 1 aliphatic heterocycles. The molecule has 0 aliphatic carbocycles. The van der Waals surface area contributed by atoms with Gasteiger partial charge in [0.2, 0.25) is 5.91 Å². The van der Waals surface area contributed by atoms with Gasteiger partial charge in [-0.25, -0.2) is 9.18 Å². The summed E-state index contributed by atoms with van der Waals surface area (Å²) in [7, 11) is 0. The zero-order valence-corrected chi connectivity index (χ0v) is 20.8. The molecule has 0 radical (unpaired) electrons. The third-order valence-corrected chi connectivity index (χ3v) is 5.44. The monoisotopic (exact) mass is 574 g/mol. The summed E-state index contributed by atoms with van der Waals surface area (Å²) in [6.45, 7) is -1.45. The summed E-state index contributed by atoms with van der Waals surface area (Å²) in [6.07, 6.45) is -8.01. The maximum atomic E-state index is 14.0. The molecule has 0 fully saturated rings. The van der Waals surface area contributed by atoms with Crippen molar-refractivity contribution in [2.24, 2.45) is 5.73 Å². The maximum absolute atomic E-state index is 14.0. The van der Waals surface area contributed by atoms with Gasteiger partial charge in [0.05, 0.1) is 18.8 Å². The summed E-state index contributed by atoms with van der Waals surface area (Å²) in [4.78, 5) is 38.2. The van der Waals surface area contributed by atoms with Crippen molar-refractivity contribution in [3.63, 3.8) is 0 Å². The molecule has 0 saturated carbocycles. The fraction of sp³-hybridized carbons (Fsp3) is 0.591. The van der Waals surface area contributed by atoms with Gasteiger partial charge >= 0.3 is 18.3 Å². The van der Waals surface area contributed by atoms with Gasteiger partial charge in [0, 0.05) is 19.2 Å². The predicted molar refractivity (Wildman–Crippen MR) is 122 cm³/mol. The number of nitrogens with one attached hydrogen (secondary N) is 2. The molecule has 2 amide bonds. The Labute approximate surface area is 218 Å². The van der Waals surface area contributed by atoms with Crippen LogP contribution in [0.15, 0.2) is 18.2 Å². The van der Waals surface area contributed by atoms with Crippen LogP contribution in [-0.2, 0) is 19.1 Å². The zero-order chi connectivity index (χ0) is 29.6. The van der Waals surface area contributed by atoms with Crippen LogP contribution in [0.1, 0.15) is 13.8 Å². The molecule has 2 rings (SSSR count). The Hall–Kier alpha value is -3.31. The lowest BCUT2D eigenvalue weighted by Crippen LogP contribution is -2.60. The van der Waals surface area contributed by atoms with Gasteiger partial charge in [-0.15, -0.1) is 0 Å². The third kappa shape index (κ3) is 8.34. The van der Waals surface area contributed by atoms with Gasteiger partial charge in [-0.05, 0) is 26.0 Å². The molecule has 1 aromatic rings. The number of fused-ring (bicyclic) bond motifs is 1. The molecule has 0 unspecified atom stereocenters. The Morgan fingerprint density at radius 1 is 1.15 bits per heavy atom. The van der Waals surface area contributed by atoms with E-state index in [0.717, 1.165) is 24.0 Å². The van der Waals surface area contributed by atoms with Gasteiger partial charge in [0.25, 0.3) is 5.91 Å². The molecular weight excluding hydrogens is 546 g/mol. The second kappa shape index (κ2) is 12.7. The number of nitrogens with two attached hydrogens (primary N) is 1. The molecule has 1 heterocycles. The lowest BCUT2D eigenvalue weighted by molar-refractivity contribution is -0.279. The van der Waals surface area contributed by atoms with E-state index in [1.165, 1.54) is 18.3 Å². The van der Waals surface area contributed by atoms with E-state index < -0.39 is 73.3 Å². The topological polar surface area (TPSA) is 152 Å². The minimum absolute atomic E-state index is 0.0334. The van der Waals surface area contributed by atoms with Crippen LogP contribution in [0.2, 0.25) is 0 Å². The number of alkyl halides is 5. The van der Waals surface area contributed by atoms with Crippen molar-refractivity contribution in [1.29, 1.82) is 0 Å². The van der Waals surface area contributed by atoms with Crippen molar-refractivity contribution >= 4 is 23.7 Å². The number of halogens is 6. The van der Waals surface area contributed by atoms with Crippen molar-refractivity contribution in [2.45, 2.75) is 43.7 Å². The molecule has 11 nitrogen and oxygen atoms in total. The first kappa shape index (κ1) is 31.9. The summed E-state index contributed by atoms with van der Waals surface area (Å²) in [6, 6.07) is 1.94. The van der Waals surface area contributed by atoms with Crippen LogP contribution in [-0.4, -0.2) is 92.3 Å². The van der Waals surface area contributed by atoms with E-state index in [4.69, 9.17) is 15.2 Å². The number of carbonyl (C=O) groups excluding carboxylic acids is 3. The number of carbonyl (C=O) groups is 3. The lowest BCUT2D eigenvalue weighted by atomic mass is 10.0. The number of hydrogen-bond acceptors (Lipinski definition) is 9. The van der Waals surface area contributed by atoms with Crippen LogP contribution < -0.4 is 26.0 Å². The Balaban J connectivity index is 2.16. The van der Waals surface area contributed by atoms with Gasteiger partial charge in [-0.2, -0.15) is 22.0 Å². The highest BCUT2D eigenvalue weighted by atomic mass is 19.4. The van der Waals surface area contributed by atoms with E-state index in [1.807, 2.05) is 0 Å². The number of ether oxygens (including phenoxy) is 3. The molecular formula is C22H28F6N4O7. The van der Waals surface area contributed by atoms with E-state index in [0.29, 0.717) is 0 Å². The number of benzene rings is 1. The summed E-state index contributed by atoms with van der Waals surface area (Å²) in [5, 5.41) is 14.3. The van der Waals surface area contributed by atoms with Crippen molar-refractivity contribution < 1.29 is 60.0 Å². The van der Waals surface area contributed by atoms with Crippen LogP contribution in [0.4, 0.5) is 36.8 Å². The molecule has 5 N–H and O–H groups in total. The molecule has 39 heavy (non-hydrogen) atoms. The molecule has 0 spiro atoms. The van der Waals surface area contributed by atoms with E-state index >= 15 is 0 Å². The Morgan fingerprint density at radius 3 is 2.41 bits per heavy atom. The van der Waals surface area contributed by atoms with Crippen LogP contribution >= 0.6 is 0 Å². The number of nitrogens with zero attached hydrogens (tertiary/aromatic N) is 1. The highest BCUT2D eigenvalue weighted by molar-refractivity contribution is 5.99. The fourth-order valence-corrected chi connectivity index (χ4v) is 3.32.